The standard InChI is InChI=1S/C8H10O4/c1-12-7(9)6-2-4-8(10,11)5-3-6/h2-6,10-11H,1H3. The van der Waals surface area contributed by atoms with Crippen molar-refractivity contribution in [2.45, 2.75) is 5.79 Å². The van der Waals surface area contributed by atoms with Crippen molar-refractivity contribution in [3.8, 4) is 0 Å². The summed E-state index contributed by atoms with van der Waals surface area (Å²) in [5, 5.41) is 18.0. The number of carbonyl (C=O) groups is 1. The largest absolute Gasteiger partial charge is 0.468 e. The van der Waals surface area contributed by atoms with Crippen LogP contribution in [0.2, 0.25) is 0 Å². The van der Waals surface area contributed by atoms with E-state index in [1.165, 1.54) is 19.3 Å². The summed E-state index contributed by atoms with van der Waals surface area (Å²) in [4.78, 5) is 10.9. The first kappa shape index (κ1) is 8.96. The second-order valence-corrected chi connectivity index (χ2v) is 2.55. The molecule has 0 aromatic heterocycles. The number of methoxy groups -OCH3 is 1. The lowest BCUT2D eigenvalue weighted by Crippen LogP contribution is -2.26. The molecular weight excluding hydrogens is 160 g/mol. The molecule has 0 radical (unpaired) electrons. The van der Waals surface area contributed by atoms with Crippen LogP contribution in [0.5, 0.6) is 0 Å². The first-order valence-corrected chi connectivity index (χ1v) is 3.46. The molecule has 1 aliphatic rings. The van der Waals surface area contributed by atoms with Crippen LogP contribution in [0.3, 0.4) is 0 Å². The first-order chi connectivity index (χ1) is 5.55. The summed E-state index contributed by atoms with van der Waals surface area (Å²) in [5.74, 6) is -2.86. The van der Waals surface area contributed by atoms with Gasteiger partial charge in [0.15, 0.2) is 0 Å². The Bertz CT molecular complexity index is 223. The smallest absolute Gasteiger partial charge is 0.316 e. The minimum Gasteiger partial charge on any atom is -0.468 e. The monoisotopic (exact) mass is 170 g/mol. The van der Waals surface area contributed by atoms with Crippen molar-refractivity contribution in [3.05, 3.63) is 24.3 Å². The summed E-state index contributed by atoms with van der Waals surface area (Å²) in [7, 11) is 1.28. The average Bonchev–Trinajstić information content (AvgIpc) is 2.03. The number of hydrogen-bond acceptors (Lipinski definition) is 4. The van der Waals surface area contributed by atoms with Gasteiger partial charge in [-0.1, -0.05) is 12.2 Å². The van der Waals surface area contributed by atoms with Gasteiger partial charge in [-0.2, -0.15) is 0 Å². The second-order valence-electron chi connectivity index (χ2n) is 2.55. The Morgan fingerprint density at radius 2 is 1.92 bits per heavy atom. The number of ether oxygens (including phenoxy) is 1. The number of esters is 1. The van der Waals surface area contributed by atoms with Gasteiger partial charge in [-0.05, 0) is 12.2 Å². The minimum atomic E-state index is -1.93. The van der Waals surface area contributed by atoms with E-state index in [2.05, 4.69) is 4.74 Å². The van der Waals surface area contributed by atoms with Gasteiger partial charge in [0.25, 0.3) is 0 Å². The summed E-state index contributed by atoms with van der Waals surface area (Å²) < 4.78 is 4.45. The molecule has 0 aromatic rings. The third-order valence-electron chi connectivity index (χ3n) is 1.57. The molecule has 4 heteroatoms. The summed E-state index contributed by atoms with van der Waals surface area (Å²) in [6.45, 7) is 0. The van der Waals surface area contributed by atoms with Crippen LogP contribution < -0.4 is 0 Å². The van der Waals surface area contributed by atoms with Crippen molar-refractivity contribution in [2.24, 2.45) is 5.92 Å². The summed E-state index contributed by atoms with van der Waals surface area (Å²) >= 11 is 0. The predicted molar refractivity (Wildman–Crippen MR) is 41.0 cm³/mol. The molecule has 1 aliphatic carbocycles. The summed E-state index contributed by atoms with van der Waals surface area (Å²) in [6, 6.07) is 0. The molecule has 0 unspecified atom stereocenters. The molecule has 0 aliphatic heterocycles. The van der Waals surface area contributed by atoms with E-state index in [1.54, 1.807) is 0 Å². The van der Waals surface area contributed by atoms with E-state index in [0.29, 0.717) is 0 Å². The summed E-state index contributed by atoms with van der Waals surface area (Å²) in [5.41, 5.74) is 0. The molecule has 66 valence electrons. The molecule has 0 saturated heterocycles. The number of hydrogen-bond donors (Lipinski definition) is 2. The maximum atomic E-state index is 10.9. The molecule has 0 atom stereocenters. The van der Waals surface area contributed by atoms with Crippen molar-refractivity contribution < 1.29 is 19.7 Å². The normalized spacial score (nSPS) is 20.9. The maximum absolute atomic E-state index is 10.9. The van der Waals surface area contributed by atoms with Gasteiger partial charge in [0.05, 0.1) is 13.0 Å². The molecule has 0 aromatic carbocycles. The number of carbonyl (C=O) groups excluding carboxylic acids is 1. The zero-order valence-corrected chi connectivity index (χ0v) is 6.60. The zero-order chi connectivity index (χ0) is 9.19. The van der Waals surface area contributed by atoms with Gasteiger partial charge in [-0.15, -0.1) is 0 Å². The zero-order valence-electron chi connectivity index (χ0n) is 6.60. The Kier molecular flexibility index (Phi) is 2.30. The Balaban J connectivity index is 2.67. The maximum Gasteiger partial charge on any atom is 0.316 e. The van der Waals surface area contributed by atoms with E-state index in [-0.39, 0.29) is 0 Å². The lowest BCUT2D eigenvalue weighted by atomic mass is 10.0. The van der Waals surface area contributed by atoms with E-state index >= 15 is 0 Å². The first-order valence-electron chi connectivity index (χ1n) is 3.46. The fourth-order valence-electron chi connectivity index (χ4n) is 0.904. The predicted octanol–water partition coefficient (Wildman–Crippen LogP) is -0.418. The van der Waals surface area contributed by atoms with Gasteiger partial charge in [0, 0.05) is 0 Å². The highest BCUT2D eigenvalue weighted by Crippen LogP contribution is 2.16. The van der Waals surface area contributed by atoms with Gasteiger partial charge in [0.1, 0.15) is 0 Å². The van der Waals surface area contributed by atoms with Crippen LogP contribution >= 0.6 is 0 Å². The van der Waals surface area contributed by atoms with Gasteiger partial charge >= 0.3 is 5.97 Å². The van der Waals surface area contributed by atoms with Crippen LogP contribution in [0.15, 0.2) is 24.3 Å². The lowest BCUT2D eigenvalue weighted by molar-refractivity contribution is -0.142. The molecule has 0 fully saturated rings. The highest BCUT2D eigenvalue weighted by atomic mass is 16.5. The van der Waals surface area contributed by atoms with Gasteiger partial charge < -0.3 is 14.9 Å². The highest BCUT2D eigenvalue weighted by molar-refractivity contribution is 5.76. The van der Waals surface area contributed by atoms with Crippen LogP contribution in [0.4, 0.5) is 0 Å². The molecule has 1 rings (SSSR count). The fraction of sp³-hybridized carbons (Fsp3) is 0.375. The minimum absolute atomic E-state index is 0.419. The number of aliphatic hydroxyl groups is 2. The van der Waals surface area contributed by atoms with Gasteiger partial charge in [-0.25, -0.2) is 0 Å². The third kappa shape index (κ3) is 1.93. The molecule has 0 amide bonds. The van der Waals surface area contributed by atoms with Crippen molar-refractivity contribution in [2.75, 3.05) is 7.11 Å². The van der Waals surface area contributed by atoms with Crippen LogP contribution in [0.25, 0.3) is 0 Å². The Morgan fingerprint density at radius 1 is 1.42 bits per heavy atom. The molecule has 4 nitrogen and oxygen atoms in total. The molecule has 0 heterocycles. The highest BCUT2D eigenvalue weighted by Gasteiger charge is 2.23. The van der Waals surface area contributed by atoms with Crippen molar-refractivity contribution in [3.63, 3.8) is 0 Å². The van der Waals surface area contributed by atoms with Crippen molar-refractivity contribution >= 4 is 5.97 Å². The van der Waals surface area contributed by atoms with Gasteiger partial charge in [-0.3, -0.25) is 4.79 Å². The second kappa shape index (κ2) is 3.08. The quantitative estimate of drug-likeness (QED) is 0.319. The Morgan fingerprint density at radius 3 is 2.33 bits per heavy atom. The van der Waals surface area contributed by atoms with Crippen LogP contribution in [0, 0.1) is 5.92 Å². The third-order valence-corrected chi connectivity index (χ3v) is 1.57. The SMILES string of the molecule is COC(=O)C1C=CC(O)(O)C=C1. The number of rotatable bonds is 1. The summed E-state index contributed by atoms with van der Waals surface area (Å²) in [6.07, 6.45) is 5.03. The van der Waals surface area contributed by atoms with Crippen LogP contribution in [0.1, 0.15) is 0 Å². The van der Waals surface area contributed by atoms with E-state index in [1.807, 2.05) is 0 Å². The van der Waals surface area contributed by atoms with E-state index in [9.17, 15) is 4.79 Å². The molecule has 0 saturated carbocycles. The van der Waals surface area contributed by atoms with E-state index in [4.69, 9.17) is 10.2 Å². The molecule has 2 N–H and O–H groups in total. The average molecular weight is 170 g/mol. The van der Waals surface area contributed by atoms with Crippen LogP contribution in [-0.4, -0.2) is 29.1 Å². The van der Waals surface area contributed by atoms with Crippen LogP contribution in [-0.2, 0) is 9.53 Å². The fourth-order valence-corrected chi connectivity index (χ4v) is 0.904. The van der Waals surface area contributed by atoms with Crippen molar-refractivity contribution in [1.82, 2.24) is 0 Å². The molecule has 0 spiro atoms. The molecule has 12 heavy (non-hydrogen) atoms. The lowest BCUT2D eigenvalue weighted by Gasteiger charge is -2.18. The van der Waals surface area contributed by atoms with Gasteiger partial charge in [0.2, 0.25) is 5.79 Å². The van der Waals surface area contributed by atoms with E-state index < -0.39 is 17.7 Å². The molecular formula is C8H10O4. The topological polar surface area (TPSA) is 66.8 Å². The Hall–Kier alpha value is -1.13. The Labute approximate surface area is 69.8 Å². The van der Waals surface area contributed by atoms with Crippen molar-refractivity contribution in [1.29, 1.82) is 0 Å². The van der Waals surface area contributed by atoms with E-state index in [0.717, 1.165) is 12.2 Å². The molecule has 0 bridgehead atoms.